The Morgan fingerprint density at radius 2 is 1.82 bits per heavy atom. The fourth-order valence-electron chi connectivity index (χ4n) is 7.59. The Labute approximate surface area is 329 Å². The van der Waals surface area contributed by atoms with Gasteiger partial charge >= 0.3 is 6.09 Å². The number of pyridine rings is 1. The highest BCUT2D eigenvalue weighted by Gasteiger charge is 2.63. The van der Waals surface area contributed by atoms with Crippen LogP contribution in [0.1, 0.15) is 117 Å². The minimum Gasteiger partial charge on any atom is -0.496 e. The molecule has 2 aromatic rings. The molecule has 2 aliphatic carbocycles. The number of fused-ring (bicyclic) bond motifs is 3. The van der Waals surface area contributed by atoms with Crippen LogP contribution in [0.5, 0.6) is 11.5 Å². The summed E-state index contributed by atoms with van der Waals surface area (Å²) in [4.78, 5) is 62.5. The molecule has 306 valence electrons. The third kappa shape index (κ3) is 8.62. The summed E-state index contributed by atoms with van der Waals surface area (Å²) in [5.41, 5.74) is 0.0283. The first-order valence-electron chi connectivity index (χ1n) is 19.8. The van der Waals surface area contributed by atoms with E-state index in [4.69, 9.17) is 19.2 Å². The number of allylic oxidation sites excluding steroid dienone is 1. The number of hydrogen-bond donors (Lipinski definition) is 3. The van der Waals surface area contributed by atoms with Gasteiger partial charge in [-0.05, 0) is 91.2 Å². The van der Waals surface area contributed by atoms with Gasteiger partial charge in [-0.2, -0.15) is 0 Å². The monoisotopic (exact) mass is 795 g/mol. The molecule has 3 heterocycles. The minimum absolute atomic E-state index is 0.00858. The molecule has 15 heteroatoms. The average molecular weight is 796 g/mol. The molecule has 6 rings (SSSR count). The number of ether oxygens (including phenoxy) is 3. The molecule has 0 bridgehead atoms. The van der Waals surface area contributed by atoms with Gasteiger partial charge in [-0.25, -0.2) is 13.2 Å². The molecule has 1 aromatic heterocycles. The van der Waals surface area contributed by atoms with Crippen molar-refractivity contribution in [1.29, 1.82) is 0 Å². The van der Waals surface area contributed by atoms with E-state index in [-0.39, 0.29) is 25.3 Å². The van der Waals surface area contributed by atoms with Crippen molar-refractivity contribution in [3.63, 3.8) is 0 Å². The molecule has 0 spiro atoms. The molecule has 3 fully saturated rings. The van der Waals surface area contributed by atoms with E-state index in [1.165, 1.54) is 4.90 Å². The van der Waals surface area contributed by atoms with Gasteiger partial charge in [0.25, 0.3) is 5.91 Å². The molecule has 4 aliphatic rings. The first kappa shape index (κ1) is 41.2. The maximum absolute atomic E-state index is 14.6. The van der Waals surface area contributed by atoms with E-state index in [2.05, 4.69) is 15.4 Å². The number of benzene rings is 1. The largest absolute Gasteiger partial charge is 0.496 e. The van der Waals surface area contributed by atoms with E-state index >= 15 is 0 Å². The van der Waals surface area contributed by atoms with Gasteiger partial charge < -0.3 is 29.7 Å². The van der Waals surface area contributed by atoms with Gasteiger partial charge in [0.1, 0.15) is 40.8 Å². The third-order valence-corrected chi connectivity index (χ3v) is 13.6. The number of amides is 4. The summed E-state index contributed by atoms with van der Waals surface area (Å²) in [5, 5.41) is 6.43. The maximum Gasteiger partial charge on any atom is 0.408 e. The smallest absolute Gasteiger partial charge is 0.408 e. The quantitative estimate of drug-likeness (QED) is 0.296. The highest BCUT2D eigenvalue weighted by Crippen LogP contribution is 2.47. The number of carbonyl (C=O) groups excluding carboxylic acids is 4. The zero-order chi connectivity index (χ0) is 40.8. The van der Waals surface area contributed by atoms with E-state index in [1.807, 2.05) is 51.1 Å². The molecule has 3 N–H and O–H groups in total. The first-order valence-corrected chi connectivity index (χ1v) is 21.3. The van der Waals surface area contributed by atoms with Crippen LogP contribution in [0.3, 0.4) is 0 Å². The van der Waals surface area contributed by atoms with Gasteiger partial charge in [-0.1, -0.05) is 38.8 Å². The summed E-state index contributed by atoms with van der Waals surface area (Å²) in [6.07, 6.45) is 6.77. The Balaban J connectivity index is 1.35. The van der Waals surface area contributed by atoms with E-state index in [1.54, 1.807) is 34.8 Å². The lowest BCUT2D eigenvalue weighted by molar-refractivity contribution is -0.141. The van der Waals surface area contributed by atoms with Gasteiger partial charge in [0, 0.05) is 35.0 Å². The molecular weight excluding hydrogens is 739 g/mol. The van der Waals surface area contributed by atoms with Crippen molar-refractivity contribution in [2.45, 2.75) is 146 Å². The van der Waals surface area contributed by atoms with E-state index < -0.39 is 73.8 Å². The fourth-order valence-corrected chi connectivity index (χ4v) is 8.90. The second kappa shape index (κ2) is 15.5. The fraction of sp³-hybridized carbons (Fsp3) is 0.634. The number of aromatic nitrogens is 1. The van der Waals surface area contributed by atoms with Gasteiger partial charge in [0.2, 0.25) is 21.8 Å². The zero-order valence-corrected chi connectivity index (χ0v) is 34.6. The molecule has 0 radical (unpaired) electrons. The predicted octanol–water partition coefficient (Wildman–Crippen LogP) is 5.31. The van der Waals surface area contributed by atoms with E-state index in [9.17, 15) is 27.6 Å². The van der Waals surface area contributed by atoms with Crippen LogP contribution in [0, 0.1) is 12.8 Å². The predicted molar refractivity (Wildman–Crippen MR) is 211 cm³/mol. The molecule has 0 unspecified atom stereocenters. The average Bonchev–Trinajstić information content (AvgIpc) is 3.99. The second-order valence-electron chi connectivity index (χ2n) is 17.4. The number of sulfonamides is 1. The van der Waals surface area contributed by atoms with Crippen molar-refractivity contribution in [3.8, 4) is 11.5 Å². The van der Waals surface area contributed by atoms with Crippen LogP contribution < -0.4 is 24.8 Å². The Bertz CT molecular complexity index is 2020. The van der Waals surface area contributed by atoms with Crippen LogP contribution in [0.2, 0.25) is 0 Å². The lowest BCUT2D eigenvalue weighted by Gasteiger charge is -2.30. The Morgan fingerprint density at radius 3 is 2.48 bits per heavy atom. The van der Waals surface area contributed by atoms with E-state index in [0.717, 1.165) is 29.5 Å². The molecule has 4 amide bonds. The highest BCUT2D eigenvalue weighted by molar-refractivity contribution is 7.91. The summed E-state index contributed by atoms with van der Waals surface area (Å²) < 4.78 is 45.4. The van der Waals surface area contributed by atoms with Crippen LogP contribution in [0.15, 0.2) is 30.4 Å². The number of methoxy groups -OCH3 is 1. The Kier molecular flexibility index (Phi) is 11.4. The summed E-state index contributed by atoms with van der Waals surface area (Å²) in [5.74, 6) is -1.03. The summed E-state index contributed by atoms with van der Waals surface area (Å²) >= 11 is 0. The number of aryl methyl sites for hydroxylation is 1. The van der Waals surface area contributed by atoms with Crippen LogP contribution in [-0.4, -0.2) is 89.8 Å². The molecular formula is C41H57N5O9S. The zero-order valence-electron chi connectivity index (χ0n) is 33.8. The number of hydrogen-bond acceptors (Lipinski definition) is 10. The Hall–Kier alpha value is -4.40. The number of carbonyl (C=O) groups is 4. The van der Waals surface area contributed by atoms with E-state index in [0.29, 0.717) is 49.1 Å². The molecule has 2 aliphatic heterocycles. The van der Waals surface area contributed by atoms with Crippen molar-refractivity contribution in [2.75, 3.05) is 13.7 Å². The highest BCUT2D eigenvalue weighted by atomic mass is 32.2. The molecule has 14 nitrogen and oxygen atoms in total. The first-order chi connectivity index (χ1) is 26.3. The van der Waals surface area contributed by atoms with Crippen molar-refractivity contribution in [2.24, 2.45) is 5.92 Å². The Morgan fingerprint density at radius 1 is 1.09 bits per heavy atom. The molecule has 1 aromatic carbocycles. The minimum atomic E-state index is -3.99. The summed E-state index contributed by atoms with van der Waals surface area (Å²) in [6.45, 7) is 12.8. The van der Waals surface area contributed by atoms with Crippen molar-refractivity contribution >= 4 is 44.7 Å². The standard InChI is InChI=1S/C41H57N5O9S/c1-24(2)30-21-33(28-16-17-32(53-8)25(3)34(28)42-30)54-27-20-31-35(47)44-41(37(49)45-56(51,52)40(7)18-19-40)22-26(41)14-12-10-9-11-13-15-29(36(48)46(31)23-27)43-38(50)55-39(4,5)6/h12,14,16-17,21,24,26-27,29,31H,9-11,13,15,18-20,22-23H2,1-8H3,(H,43,50)(H,44,47)(H,45,49)/b14-12-/t26-,27-,29+,31+,41-/m1/s1. The number of rotatable bonds is 8. The number of nitrogens with zero attached hydrogens (tertiary/aromatic N) is 2. The lowest BCUT2D eigenvalue weighted by Crippen LogP contribution is -2.58. The van der Waals surface area contributed by atoms with Gasteiger partial charge in [-0.3, -0.25) is 24.1 Å². The summed E-state index contributed by atoms with van der Waals surface area (Å²) in [7, 11) is -2.39. The van der Waals surface area contributed by atoms with Crippen LogP contribution in [0.4, 0.5) is 4.79 Å². The lowest BCUT2D eigenvalue weighted by atomic mass is 10.0. The molecule has 5 atom stereocenters. The molecule has 1 saturated heterocycles. The van der Waals surface area contributed by atoms with Crippen LogP contribution in [0.25, 0.3) is 10.9 Å². The van der Waals surface area contributed by atoms with Gasteiger partial charge in [0.05, 0.1) is 23.9 Å². The third-order valence-electron chi connectivity index (χ3n) is 11.4. The second-order valence-corrected chi connectivity index (χ2v) is 19.6. The molecule has 56 heavy (non-hydrogen) atoms. The molecule has 2 saturated carbocycles. The van der Waals surface area contributed by atoms with Crippen molar-refractivity contribution in [3.05, 3.63) is 41.6 Å². The number of alkyl carbamates (subject to hydrolysis) is 1. The van der Waals surface area contributed by atoms with Crippen molar-refractivity contribution < 1.29 is 41.8 Å². The number of nitrogens with one attached hydrogen (secondary N) is 3. The van der Waals surface area contributed by atoms with Crippen LogP contribution in [-0.2, 0) is 29.1 Å². The topological polar surface area (TPSA) is 182 Å². The maximum atomic E-state index is 14.6. The van der Waals surface area contributed by atoms with Gasteiger partial charge in [-0.15, -0.1) is 0 Å². The van der Waals surface area contributed by atoms with Gasteiger partial charge in [0.15, 0.2) is 0 Å². The summed E-state index contributed by atoms with van der Waals surface area (Å²) in [6, 6.07) is 3.50. The van der Waals surface area contributed by atoms with Crippen molar-refractivity contribution in [1.82, 2.24) is 25.2 Å². The van der Waals surface area contributed by atoms with Crippen LogP contribution >= 0.6 is 0 Å². The normalized spacial score (nSPS) is 27.2. The SMILES string of the molecule is COc1ccc2c(O[C@@H]3C[C@H]4C(=O)N[C@]5(C(=O)NS(=O)(=O)C6(C)CC6)C[C@H]5/C=C\CCCCC[C@H](NC(=O)OC(C)(C)C)C(=O)N4C3)cc(C(C)C)nc2c1C.